The highest BCUT2D eigenvalue weighted by atomic mass is 32.1. The number of rotatable bonds is 10. The molecule has 3 rings (SSSR count). The van der Waals surface area contributed by atoms with Crippen LogP contribution in [-0.2, 0) is 20.8 Å². The van der Waals surface area contributed by atoms with E-state index in [-0.39, 0.29) is 34.5 Å². The SMILES string of the molecule is C[C@](N)(COP(=O)(O)O)c1nnc(-c2ccc(OCCOc3ccccc3)c(C(F)(F)F)c2)s1. The number of benzene rings is 2. The van der Waals surface area contributed by atoms with Crippen LogP contribution in [0.4, 0.5) is 13.2 Å². The summed E-state index contributed by atoms with van der Waals surface area (Å²) in [4.78, 5) is 17.7. The summed E-state index contributed by atoms with van der Waals surface area (Å²) < 4.78 is 67.1. The number of nitrogens with two attached hydrogens (primary N) is 1. The van der Waals surface area contributed by atoms with E-state index in [1.165, 1.54) is 19.1 Å². The minimum Gasteiger partial charge on any atom is -0.490 e. The average molecular weight is 519 g/mol. The Bertz CT molecular complexity index is 1150. The highest BCUT2D eigenvalue weighted by molar-refractivity contribution is 7.46. The first kappa shape index (κ1) is 26.1. The summed E-state index contributed by atoms with van der Waals surface area (Å²) in [6, 6.07) is 12.3. The van der Waals surface area contributed by atoms with Crippen molar-refractivity contribution >= 4 is 19.2 Å². The van der Waals surface area contributed by atoms with Crippen molar-refractivity contribution < 1.29 is 41.5 Å². The minimum absolute atomic E-state index is 0.0502. The molecule has 0 spiro atoms. The van der Waals surface area contributed by atoms with Crippen LogP contribution in [0.25, 0.3) is 10.6 Å². The largest absolute Gasteiger partial charge is 0.490 e. The van der Waals surface area contributed by atoms with Gasteiger partial charge in [-0.2, -0.15) is 13.2 Å². The fourth-order valence-corrected chi connectivity index (χ4v) is 4.01. The van der Waals surface area contributed by atoms with E-state index in [9.17, 15) is 17.7 Å². The first-order chi connectivity index (χ1) is 15.9. The van der Waals surface area contributed by atoms with Crippen LogP contribution in [-0.4, -0.2) is 39.8 Å². The summed E-state index contributed by atoms with van der Waals surface area (Å²) in [5.74, 6) is 0.207. The second-order valence-corrected chi connectivity index (χ2v) is 9.53. The normalized spacial score (nSPS) is 14.0. The van der Waals surface area contributed by atoms with Gasteiger partial charge in [-0.05, 0) is 37.3 Å². The molecular weight excluding hydrogens is 498 g/mol. The van der Waals surface area contributed by atoms with Crippen molar-refractivity contribution in [2.24, 2.45) is 5.73 Å². The van der Waals surface area contributed by atoms with Crippen molar-refractivity contribution in [3.05, 3.63) is 59.1 Å². The van der Waals surface area contributed by atoms with Gasteiger partial charge in [0.2, 0.25) is 0 Å². The molecule has 1 aromatic heterocycles. The molecule has 0 aliphatic rings. The van der Waals surface area contributed by atoms with Crippen LogP contribution >= 0.6 is 19.2 Å². The summed E-state index contributed by atoms with van der Waals surface area (Å²) in [6.07, 6.45) is -4.70. The summed E-state index contributed by atoms with van der Waals surface area (Å²) in [6.45, 7) is 0.778. The second kappa shape index (κ2) is 10.4. The van der Waals surface area contributed by atoms with Crippen molar-refractivity contribution in [2.75, 3.05) is 19.8 Å². The Balaban J connectivity index is 1.74. The molecule has 1 atom stereocenters. The van der Waals surface area contributed by atoms with Crippen molar-refractivity contribution in [1.82, 2.24) is 10.2 Å². The Hall–Kier alpha value is -2.54. The molecule has 0 fully saturated rings. The van der Waals surface area contributed by atoms with Crippen LogP contribution in [0.2, 0.25) is 0 Å². The number of hydrogen-bond donors (Lipinski definition) is 3. The smallest absolute Gasteiger partial charge is 0.469 e. The number of phosphoric ester groups is 1. The highest BCUT2D eigenvalue weighted by Crippen LogP contribution is 2.41. The standard InChI is InChI=1S/C20H21F3N3O6PS/c1-19(24,12-32-33(27,28)29)18-26-25-17(34-18)13-7-8-16(15(11-13)20(21,22)23)31-10-9-30-14-5-3-2-4-6-14/h2-8,11H,9-10,12,24H2,1H3,(H2,27,28,29)/t19-/m0/s1. The molecule has 0 saturated carbocycles. The van der Waals surface area contributed by atoms with E-state index in [2.05, 4.69) is 14.7 Å². The predicted molar refractivity (Wildman–Crippen MR) is 117 cm³/mol. The zero-order valence-corrected chi connectivity index (χ0v) is 19.4. The Labute approximate surface area is 196 Å². The average Bonchev–Trinajstić information content (AvgIpc) is 3.26. The van der Waals surface area contributed by atoms with Crippen LogP contribution in [0.15, 0.2) is 48.5 Å². The number of aromatic nitrogens is 2. The summed E-state index contributed by atoms with van der Waals surface area (Å²) in [5, 5.41) is 7.98. The maximum Gasteiger partial charge on any atom is 0.469 e. The fourth-order valence-electron chi connectivity index (χ4n) is 2.69. The molecule has 1 heterocycles. The van der Waals surface area contributed by atoms with Gasteiger partial charge >= 0.3 is 14.0 Å². The van der Waals surface area contributed by atoms with Gasteiger partial charge in [-0.1, -0.05) is 29.5 Å². The first-order valence-electron chi connectivity index (χ1n) is 9.70. The monoisotopic (exact) mass is 519 g/mol. The lowest BCUT2D eigenvalue weighted by atomic mass is 10.1. The van der Waals surface area contributed by atoms with Crippen molar-refractivity contribution in [3.63, 3.8) is 0 Å². The number of nitrogens with zero attached hydrogens (tertiary/aromatic N) is 2. The highest BCUT2D eigenvalue weighted by Gasteiger charge is 2.35. The number of alkyl halides is 3. The van der Waals surface area contributed by atoms with Crippen molar-refractivity contribution in [2.45, 2.75) is 18.6 Å². The summed E-state index contributed by atoms with van der Waals surface area (Å²) in [5.41, 5.74) is 3.70. The lowest BCUT2D eigenvalue weighted by Crippen LogP contribution is -2.37. The molecule has 9 nitrogen and oxygen atoms in total. The quantitative estimate of drug-likeness (QED) is 0.268. The third-order valence-electron chi connectivity index (χ3n) is 4.33. The van der Waals surface area contributed by atoms with E-state index < -0.39 is 31.7 Å². The van der Waals surface area contributed by atoms with Crippen molar-refractivity contribution in [3.8, 4) is 22.1 Å². The van der Waals surface area contributed by atoms with Gasteiger partial charge in [-0.15, -0.1) is 10.2 Å². The number of ether oxygens (including phenoxy) is 2. The molecule has 14 heteroatoms. The number of hydrogen-bond acceptors (Lipinski definition) is 8. The Morgan fingerprint density at radius 1 is 1.06 bits per heavy atom. The maximum atomic E-state index is 13.7. The maximum absolute atomic E-state index is 13.7. The Morgan fingerprint density at radius 2 is 1.74 bits per heavy atom. The fraction of sp³-hybridized carbons (Fsp3) is 0.300. The van der Waals surface area contributed by atoms with Gasteiger partial charge < -0.3 is 25.0 Å². The lowest BCUT2D eigenvalue weighted by Gasteiger charge is -2.21. The van der Waals surface area contributed by atoms with Gasteiger partial charge in [0.15, 0.2) is 0 Å². The third-order valence-corrected chi connectivity index (χ3v) is 6.05. The van der Waals surface area contributed by atoms with Gasteiger partial charge in [0.1, 0.15) is 34.7 Å². The van der Waals surface area contributed by atoms with E-state index in [0.29, 0.717) is 5.75 Å². The van der Waals surface area contributed by atoms with Gasteiger partial charge in [0, 0.05) is 5.56 Å². The van der Waals surface area contributed by atoms with Gasteiger partial charge in [0.05, 0.1) is 17.7 Å². The molecule has 184 valence electrons. The zero-order valence-electron chi connectivity index (χ0n) is 17.7. The second-order valence-electron chi connectivity index (χ2n) is 7.31. The molecule has 0 bridgehead atoms. The van der Waals surface area contributed by atoms with Crippen LogP contribution in [0.3, 0.4) is 0 Å². The van der Waals surface area contributed by atoms with Gasteiger partial charge in [0.25, 0.3) is 0 Å². The molecule has 4 N–H and O–H groups in total. The van der Waals surface area contributed by atoms with Crippen LogP contribution in [0.1, 0.15) is 17.5 Å². The van der Waals surface area contributed by atoms with Crippen molar-refractivity contribution in [1.29, 1.82) is 0 Å². The molecule has 0 aliphatic heterocycles. The first-order valence-corrected chi connectivity index (χ1v) is 12.0. The third kappa shape index (κ3) is 7.23. The number of halogens is 3. The molecule has 0 radical (unpaired) electrons. The van der Waals surface area contributed by atoms with E-state index in [0.717, 1.165) is 17.4 Å². The molecule has 2 aromatic carbocycles. The number of phosphoric acid groups is 1. The molecule has 0 unspecified atom stereocenters. The van der Waals surface area contributed by atoms with Crippen LogP contribution < -0.4 is 15.2 Å². The molecular formula is C20H21F3N3O6PS. The van der Waals surface area contributed by atoms with Gasteiger partial charge in [-0.3, -0.25) is 4.52 Å². The molecule has 0 amide bonds. The van der Waals surface area contributed by atoms with E-state index >= 15 is 0 Å². The predicted octanol–water partition coefficient (Wildman–Crippen LogP) is 3.96. The Morgan fingerprint density at radius 3 is 2.38 bits per heavy atom. The summed E-state index contributed by atoms with van der Waals surface area (Å²) >= 11 is 0.879. The van der Waals surface area contributed by atoms with E-state index in [1.807, 2.05) is 6.07 Å². The summed E-state index contributed by atoms with van der Waals surface area (Å²) in [7, 11) is -4.77. The minimum atomic E-state index is -4.77. The van der Waals surface area contributed by atoms with Crippen LogP contribution in [0, 0.1) is 0 Å². The molecule has 3 aromatic rings. The zero-order chi connectivity index (χ0) is 25.0. The molecule has 34 heavy (non-hydrogen) atoms. The topological polar surface area (TPSA) is 137 Å². The molecule has 0 saturated heterocycles. The van der Waals surface area contributed by atoms with Crippen LogP contribution in [0.5, 0.6) is 11.5 Å². The molecule has 0 aliphatic carbocycles. The lowest BCUT2D eigenvalue weighted by molar-refractivity contribution is -0.139. The van der Waals surface area contributed by atoms with Gasteiger partial charge in [-0.25, -0.2) is 4.57 Å². The number of para-hydroxylation sites is 1. The van der Waals surface area contributed by atoms with E-state index in [4.69, 9.17) is 25.0 Å². The Kier molecular flexibility index (Phi) is 7.96. The van der Waals surface area contributed by atoms with E-state index in [1.54, 1.807) is 24.3 Å².